The van der Waals surface area contributed by atoms with Gasteiger partial charge >= 0.3 is 5.97 Å². The number of carbonyl (C=O) groups excluding carboxylic acids is 1. The Balaban J connectivity index is 2.46. The van der Waals surface area contributed by atoms with Crippen molar-refractivity contribution in [2.75, 3.05) is 40.1 Å². The molecule has 0 bridgehead atoms. The Bertz CT molecular complexity index is 281. The molecule has 0 heterocycles. The molecule has 0 saturated heterocycles. The molecule has 0 aromatic rings. The van der Waals surface area contributed by atoms with Crippen LogP contribution in [0.4, 0.5) is 0 Å². The third-order valence-electron chi connectivity index (χ3n) is 3.56. The lowest BCUT2D eigenvalue weighted by atomic mass is 9.94. The van der Waals surface area contributed by atoms with E-state index in [1.54, 1.807) is 0 Å². The van der Waals surface area contributed by atoms with Crippen LogP contribution in [0, 0.1) is 5.92 Å². The molecule has 5 nitrogen and oxygen atoms in total. The fraction of sp³-hybridized carbons (Fsp3) is 0.933. The number of rotatable bonds is 12. The fourth-order valence-electron chi connectivity index (χ4n) is 2.31. The molecular weight excluding hydrogens is 258 g/mol. The van der Waals surface area contributed by atoms with Crippen LogP contribution < -0.4 is 5.32 Å². The third-order valence-corrected chi connectivity index (χ3v) is 3.56. The molecule has 0 amide bonds. The van der Waals surface area contributed by atoms with Crippen LogP contribution in [0.5, 0.6) is 0 Å². The molecule has 1 saturated carbocycles. The largest absolute Gasteiger partial charge is 0.468 e. The summed E-state index contributed by atoms with van der Waals surface area (Å²) in [6.07, 6.45) is 4.10. The lowest BCUT2D eigenvalue weighted by Crippen LogP contribution is -2.58. The first-order valence-corrected chi connectivity index (χ1v) is 7.70. The summed E-state index contributed by atoms with van der Waals surface area (Å²) in [5.74, 6) is 0.126. The highest BCUT2D eigenvalue weighted by atomic mass is 16.5. The molecule has 1 aliphatic rings. The van der Waals surface area contributed by atoms with Crippen molar-refractivity contribution >= 4 is 5.97 Å². The quantitative estimate of drug-likeness (QED) is 0.438. The fourth-order valence-corrected chi connectivity index (χ4v) is 2.31. The predicted molar refractivity (Wildman–Crippen MR) is 77.7 cm³/mol. The Hall–Kier alpha value is -0.650. The van der Waals surface area contributed by atoms with E-state index in [0.717, 1.165) is 38.8 Å². The average Bonchev–Trinajstić information content (AvgIpc) is 3.30. The number of hydrogen-bond donors (Lipinski definition) is 1. The zero-order valence-electron chi connectivity index (χ0n) is 13.1. The first-order chi connectivity index (χ1) is 9.71. The van der Waals surface area contributed by atoms with Crippen molar-refractivity contribution in [2.45, 2.75) is 45.1 Å². The topological polar surface area (TPSA) is 56.8 Å². The Morgan fingerprint density at radius 3 is 2.40 bits per heavy atom. The lowest BCUT2D eigenvalue weighted by molar-refractivity contribution is -0.153. The first kappa shape index (κ1) is 17.4. The normalized spacial score (nSPS) is 17.8. The molecule has 1 rings (SSSR count). The predicted octanol–water partition coefficient (Wildman–Crippen LogP) is 1.75. The van der Waals surface area contributed by atoms with Crippen LogP contribution in [0.25, 0.3) is 0 Å². The van der Waals surface area contributed by atoms with Crippen molar-refractivity contribution < 1.29 is 19.0 Å². The highest BCUT2D eigenvalue weighted by molar-refractivity contribution is 5.82. The summed E-state index contributed by atoms with van der Waals surface area (Å²) in [5, 5.41) is 3.36. The Morgan fingerprint density at radius 1 is 1.15 bits per heavy atom. The van der Waals surface area contributed by atoms with Gasteiger partial charge in [0.1, 0.15) is 5.54 Å². The van der Waals surface area contributed by atoms with Gasteiger partial charge in [0.25, 0.3) is 0 Å². The summed E-state index contributed by atoms with van der Waals surface area (Å²) in [6, 6.07) is 0. The van der Waals surface area contributed by atoms with Crippen molar-refractivity contribution in [1.82, 2.24) is 5.32 Å². The van der Waals surface area contributed by atoms with Gasteiger partial charge in [-0.3, -0.25) is 5.32 Å². The minimum absolute atomic E-state index is 0.206. The molecule has 1 atom stereocenters. The molecule has 1 aliphatic carbocycles. The molecule has 0 aromatic heterocycles. The van der Waals surface area contributed by atoms with E-state index in [1.165, 1.54) is 7.11 Å². The van der Waals surface area contributed by atoms with Gasteiger partial charge in [-0.15, -0.1) is 0 Å². The summed E-state index contributed by atoms with van der Waals surface area (Å²) < 4.78 is 16.1. The van der Waals surface area contributed by atoms with Crippen molar-refractivity contribution in [3.05, 3.63) is 0 Å². The Kier molecular flexibility index (Phi) is 8.11. The standard InChI is InChI=1S/C15H29NO4/c1-4-8-16-15(13-6-7-13,14(17)18-3)12-20-11-10-19-9-5-2/h13,16H,4-12H2,1-3H3. The Labute approximate surface area is 122 Å². The smallest absolute Gasteiger partial charge is 0.328 e. The second-order valence-electron chi connectivity index (χ2n) is 5.33. The van der Waals surface area contributed by atoms with Crippen molar-refractivity contribution in [3.63, 3.8) is 0 Å². The highest BCUT2D eigenvalue weighted by Crippen LogP contribution is 2.40. The molecule has 0 spiro atoms. The summed E-state index contributed by atoms with van der Waals surface area (Å²) in [6.45, 7) is 7.15. The van der Waals surface area contributed by atoms with Gasteiger partial charge in [0, 0.05) is 6.61 Å². The van der Waals surface area contributed by atoms with E-state index in [-0.39, 0.29) is 5.97 Å². The van der Waals surface area contributed by atoms with E-state index in [2.05, 4.69) is 19.2 Å². The monoisotopic (exact) mass is 287 g/mol. The van der Waals surface area contributed by atoms with Crippen LogP contribution >= 0.6 is 0 Å². The minimum atomic E-state index is -0.671. The molecule has 1 fully saturated rings. The molecule has 0 aliphatic heterocycles. The molecule has 0 radical (unpaired) electrons. The second-order valence-corrected chi connectivity index (χ2v) is 5.33. The van der Waals surface area contributed by atoms with E-state index in [0.29, 0.717) is 25.7 Å². The molecule has 0 aromatic carbocycles. The SMILES string of the molecule is CCCNC(COCCOCCC)(C(=O)OC)C1CC1. The number of esters is 1. The molecule has 118 valence electrons. The second kappa shape index (κ2) is 9.32. The van der Waals surface area contributed by atoms with Crippen molar-refractivity contribution in [3.8, 4) is 0 Å². The van der Waals surface area contributed by atoms with E-state index >= 15 is 0 Å². The minimum Gasteiger partial charge on any atom is -0.468 e. The number of hydrogen-bond acceptors (Lipinski definition) is 5. The van der Waals surface area contributed by atoms with Gasteiger partial charge in [0.2, 0.25) is 0 Å². The van der Waals surface area contributed by atoms with Gasteiger partial charge in [0.15, 0.2) is 0 Å². The zero-order valence-corrected chi connectivity index (χ0v) is 13.1. The van der Waals surface area contributed by atoms with E-state index in [1.807, 2.05) is 0 Å². The molecule has 1 N–H and O–H groups in total. The van der Waals surface area contributed by atoms with Crippen LogP contribution in [0.15, 0.2) is 0 Å². The average molecular weight is 287 g/mol. The highest BCUT2D eigenvalue weighted by Gasteiger charge is 2.51. The van der Waals surface area contributed by atoms with Gasteiger partial charge in [0.05, 0.1) is 26.9 Å². The first-order valence-electron chi connectivity index (χ1n) is 7.70. The van der Waals surface area contributed by atoms with Crippen LogP contribution in [0.2, 0.25) is 0 Å². The number of ether oxygens (including phenoxy) is 3. The molecule has 5 heteroatoms. The Morgan fingerprint density at radius 2 is 1.85 bits per heavy atom. The van der Waals surface area contributed by atoms with Crippen LogP contribution in [-0.2, 0) is 19.0 Å². The van der Waals surface area contributed by atoms with Crippen molar-refractivity contribution in [1.29, 1.82) is 0 Å². The number of carbonyl (C=O) groups is 1. The third kappa shape index (κ3) is 5.04. The van der Waals surface area contributed by atoms with Crippen LogP contribution in [0.3, 0.4) is 0 Å². The summed E-state index contributed by atoms with van der Waals surface area (Å²) >= 11 is 0. The number of nitrogens with one attached hydrogen (secondary N) is 1. The zero-order chi connectivity index (χ0) is 14.8. The van der Waals surface area contributed by atoms with E-state index < -0.39 is 5.54 Å². The van der Waals surface area contributed by atoms with Crippen LogP contribution in [0.1, 0.15) is 39.5 Å². The van der Waals surface area contributed by atoms with E-state index in [9.17, 15) is 4.79 Å². The number of methoxy groups -OCH3 is 1. The maximum absolute atomic E-state index is 12.2. The van der Waals surface area contributed by atoms with Gasteiger partial charge in [-0.25, -0.2) is 4.79 Å². The maximum atomic E-state index is 12.2. The van der Waals surface area contributed by atoms with Gasteiger partial charge in [-0.1, -0.05) is 13.8 Å². The van der Waals surface area contributed by atoms with Gasteiger partial charge < -0.3 is 14.2 Å². The molecule has 1 unspecified atom stereocenters. The van der Waals surface area contributed by atoms with Gasteiger partial charge in [-0.2, -0.15) is 0 Å². The lowest BCUT2D eigenvalue weighted by Gasteiger charge is -2.32. The summed E-state index contributed by atoms with van der Waals surface area (Å²) in [4.78, 5) is 12.2. The van der Waals surface area contributed by atoms with Gasteiger partial charge in [-0.05, 0) is 38.1 Å². The summed E-state index contributed by atoms with van der Waals surface area (Å²) in [7, 11) is 1.44. The van der Waals surface area contributed by atoms with Crippen LogP contribution in [-0.4, -0.2) is 51.6 Å². The van der Waals surface area contributed by atoms with Crippen molar-refractivity contribution in [2.24, 2.45) is 5.92 Å². The summed E-state index contributed by atoms with van der Waals surface area (Å²) in [5.41, 5.74) is -0.671. The molecular formula is C15H29NO4. The van der Waals surface area contributed by atoms with E-state index in [4.69, 9.17) is 14.2 Å². The molecule has 20 heavy (non-hydrogen) atoms. The maximum Gasteiger partial charge on any atom is 0.328 e.